The van der Waals surface area contributed by atoms with E-state index in [1.807, 2.05) is 0 Å². The molecular weight excluding hydrogens is 311 g/mol. The van der Waals surface area contributed by atoms with E-state index in [1.165, 1.54) is 7.05 Å². The third-order valence-corrected chi connectivity index (χ3v) is 4.92. The number of rotatable bonds is 6. The summed E-state index contributed by atoms with van der Waals surface area (Å²) in [5.74, 6) is 0. The van der Waals surface area contributed by atoms with Crippen LogP contribution < -0.4 is 4.72 Å². The number of benzene rings is 1. The summed E-state index contributed by atoms with van der Waals surface area (Å²) in [4.78, 5) is 0. The van der Waals surface area contributed by atoms with Gasteiger partial charge in [0.25, 0.3) is 10.2 Å². The molecule has 0 aliphatic heterocycles. The fourth-order valence-electron chi connectivity index (χ4n) is 1.40. The third-order valence-electron chi connectivity index (χ3n) is 2.65. The Hall–Kier alpha value is -0.370. The van der Waals surface area contributed by atoms with Crippen molar-refractivity contribution in [3.8, 4) is 0 Å². The van der Waals surface area contributed by atoms with E-state index in [1.54, 1.807) is 25.1 Å². The van der Waals surface area contributed by atoms with Crippen LogP contribution in [-0.4, -0.2) is 38.0 Å². The molecule has 1 atom stereocenters. The molecule has 0 aliphatic carbocycles. The Morgan fingerprint density at radius 3 is 2.37 bits per heavy atom. The van der Waals surface area contributed by atoms with E-state index in [2.05, 4.69) is 4.72 Å². The summed E-state index contributed by atoms with van der Waals surface area (Å²) in [7, 11) is -2.16. The molecule has 108 valence electrons. The first-order chi connectivity index (χ1) is 8.79. The fraction of sp³-hybridized carbons (Fsp3) is 0.455. The topological polar surface area (TPSA) is 69.6 Å². The molecule has 0 amide bonds. The molecule has 0 radical (unpaired) electrons. The molecule has 0 saturated heterocycles. The second-order valence-electron chi connectivity index (χ2n) is 3.92. The predicted molar refractivity (Wildman–Crippen MR) is 76.6 cm³/mol. The van der Waals surface area contributed by atoms with Crippen molar-refractivity contribution in [2.45, 2.75) is 13.0 Å². The van der Waals surface area contributed by atoms with Gasteiger partial charge in [-0.25, -0.2) is 0 Å². The molecule has 19 heavy (non-hydrogen) atoms. The highest BCUT2D eigenvalue weighted by atomic mass is 35.5. The first-order valence-corrected chi connectivity index (χ1v) is 7.82. The molecule has 1 unspecified atom stereocenters. The Morgan fingerprint density at radius 2 is 1.89 bits per heavy atom. The first kappa shape index (κ1) is 16.7. The lowest BCUT2D eigenvalue weighted by Crippen LogP contribution is -2.39. The number of nitrogens with one attached hydrogen (secondary N) is 1. The van der Waals surface area contributed by atoms with Crippen LogP contribution in [0, 0.1) is 0 Å². The summed E-state index contributed by atoms with van der Waals surface area (Å²) in [5, 5.41) is 10.6. The van der Waals surface area contributed by atoms with E-state index in [0.29, 0.717) is 22.2 Å². The van der Waals surface area contributed by atoms with Crippen LogP contribution in [-0.2, 0) is 10.2 Å². The minimum atomic E-state index is -3.60. The number of aliphatic hydroxyl groups excluding tert-OH is 1. The van der Waals surface area contributed by atoms with E-state index < -0.39 is 16.3 Å². The van der Waals surface area contributed by atoms with Crippen LogP contribution in [0.3, 0.4) is 0 Å². The van der Waals surface area contributed by atoms with Crippen molar-refractivity contribution in [1.82, 2.24) is 9.03 Å². The highest BCUT2D eigenvalue weighted by Crippen LogP contribution is 2.29. The number of hydrogen-bond acceptors (Lipinski definition) is 3. The van der Waals surface area contributed by atoms with Gasteiger partial charge in [-0.15, -0.1) is 0 Å². The second-order valence-corrected chi connectivity index (χ2v) is 6.60. The van der Waals surface area contributed by atoms with Gasteiger partial charge in [0.15, 0.2) is 0 Å². The Labute approximate surface area is 123 Å². The zero-order valence-corrected chi connectivity index (χ0v) is 12.9. The van der Waals surface area contributed by atoms with Crippen molar-refractivity contribution in [3.05, 3.63) is 33.8 Å². The van der Waals surface area contributed by atoms with Crippen molar-refractivity contribution in [3.63, 3.8) is 0 Å². The second kappa shape index (κ2) is 6.88. The molecule has 8 heteroatoms. The molecule has 0 bridgehead atoms. The molecular formula is C11H16Cl2N2O3S. The lowest BCUT2D eigenvalue weighted by atomic mass is 10.1. The molecule has 0 fully saturated rings. The zero-order valence-electron chi connectivity index (χ0n) is 10.6. The molecule has 0 saturated carbocycles. The van der Waals surface area contributed by atoms with Crippen molar-refractivity contribution >= 4 is 33.4 Å². The largest absolute Gasteiger partial charge is 0.387 e. The van der Waals surface area contributed by atoms with Crippen molar-refractivity contribution in [2.24, 2.45) is 0 Å². The van der Waals surface area contributed by atoms with Gasteiger partial charge in [0.2, 0.25) is 0 Å². The van der Waals surface area contributed by atoms with Crippen LogP contribution in [0.15, 0.2) is 18.2 Å². The standard InChI is InChI=1S/C11H16Cl2N2O3S/c1-3-15(2)19(17,18)14-7-10(16)11-8(12)5-4-6-9(11)13/h4-6,10,14,16H,3,7H2,1-2H3. The van der Waals surface area contributed by atoms with Crippen molar-refractivity contribution in [2.75, 3.05) is 20.1 Å². The smallest absolute Gasteiger partial charge is 0.279 e. The summed E-state index contributed by atoms with van der Waals surface area (Å²) in [5.41, 5.74) is 0.313. The van der Waals surface area contributed by atoms with E-state index in [0.717, 1.165) is 4.31 Å². The average Bonchev–Trinajstić information content (AvgIpc) is 2.35. The summed E-state index contributed by atoms with van der Waals surface area (Å²) in [6, 6.07) is 4.81. The molecule has 1 rings (SSSR count). The molecule has 5 nitrogen and oxygen atoms in total. The Bertz CT molecular complexity index is 516. The monoisotopic (exact) mass is 326 g/mol. The van der Waals surface area contributed by atoms with Crippen LogP contribution in [0.25, 0.3) is 0 Å². The summed E-state index contributed by atoms with van der Waals surface area (Å²) in [6.07, 6.45) is -1.11. The predicted octanol–water partition coefficient (Wildman–Crippen LogP) is 1.81. The summed E-state index contributed by atoms with van der Waals surface area (Å²) in [6.45, 7) is 1.84. The van der Waals surface area contributed by atoms with Gasteiger partial charge in [0.05, 0.1) is 6.10 Å². The Morgan fingerprint density at radius 1 is 1.37 bits per heavy atom. The lowest BCUT2D eigenvalue weighted by molar-refractivity contribution is 0.181. The van der Waals surface area contributed by atoms with Gasteiger partial charge >= 0.3 is 0 Å². The van der Waals surface area contributed by atoms with Crippen molar-refractivity contribution in [1.29, 1.82) is 0 Å². The minimum Gasteiger partial charge on any atom is -0.387 e. The van der Waals surface area contributed by atoms with Crippen LogP contribution in [0.2, 0.25) is 10.0 Å². The number of nitrogens with zero attached hydrogens (tertiary/aromatic N) is 1. The van der Waals surface area contributed by atoms with E-state index in [4.69, 9.17) is 23.2 Å². The van der Waals surface area contributed by atoms with Gasteiger partial charge < -0.3 is 5.11 Å². The SMILES string of the molecule is CCN(C)S(=O)(=O)NCC(O)c1c(Cl)cccc1Cl. The molecule has 2 N–H and O–H groups in total. The maximum absolute atomic E-state index is 11.7. The number of halogens is 2. The van der Waals surface area contributed by atoms with Gasteiger partial charge in [0, 0.05) is 35.7 Å². The molecule has 1 aromatic rings. The first-order valence-electron chi connectivity index (χ1n) is 5.62. The highest BCUT2D eigenvalue weighted by molar-refractivity contribution is 7.87. The molecule has 0 aliphatic rings. The minimum absolute atomic E-state index is 0.198. The van der Waals surface area contributed by atoms with E-state index in [-0.39, 0.29) is 6.54 Å². The average molecular weight is 327 g/mol. The van der Waals surface area contributed by atoms with Gasteiger partial charge in [-0.2, -0.15) is 17.4 Å². The molecule has 0 aromatic heterocycles. The normalized spacial score (nSPS) is 13.8. The molecule has 0 spiro atoms. The third kappa shape index (κ3) is 4.30. The molecule has 0 heterocycles. The highest BCUT2D eigenvalue weighted by Gasteiger charge is 2.20. The van der Waals surface area contributed by atoms with Gasteiger partial charge in [0.1, 0.15) is 0 Å². The lowest BCUT2D eigenvalue weighted by Gasteiger charge is -2.19. The van der Waals surface area contributed by atoms with Crippen LogP contribution in [0.4, 0.5) is 0 Å². The van der Waals surface area contributed by atoms with Gasteiger partial charge in [-0.05, 0) is 12.1 Å². The zero-order chi connectivity index (χ0) is 14.6. The van der Waals surface area contributed by atoms with Crippen molar-refractivity contribution < 1.29 is 13.5 Å². The molecule has 1 aromatic carbocycles. The fourth-order valence-corrected chi connectivity index (χ4v) is 2.97. The van der Waals surface area contributed by atoms with Crippen LogP contribution >= 0.6 is 23.2 Å². The Balaban J connectivity index is 2.79. The summed E-state index contributed by atoms with van der Waals surface area (Å²) < 4.78 is 26.8. The van der Waals surface area contributed by atoms with Gasteiger partial charge in [-0.1, -0.05) is 36.2 Å². The number of aliphatic hydroxyl groups is 1. The van der Waals surface area contributed by atoms with Gasteiger partial charge in [-0.3, -0.25) is 0 Å². The summed E-state index contributed by atoms with van der Waals surface area (Å²) >= 11 is 11.9. The Kier molecular flexibility index (Phi) is 6.04. The number of hydrogen-bond donors (Lipinski definition) is 2. The van der Waals surface area contributed by atoms with E-state index in [9.17, 15) is 13.5 Å². The quantitative estimate of drug-likeness (QED) is 0.837. The van der Waals surface area contributed by atoms with Crippen LogP contribution in [0.1, 0.15) is 18.6 Å². The maximum Gasteiger partial charge on any atom is 0.279 e. The maximum atomic E-state index is 11.7. The van der Waals surface area contributed by atoms with E-state index >= 15 is 0 Å². The van der Waals surface area contributed by atoms with Crippen LogP contribution in [0.5, 0.6) is 0 Å².